The molecule has 6 heteroatoms. The van der Waals surface area contributed by atoms with Crippen molar-refractivity contribution < 1.29 is 14.3 Å². The summed E-state index contributed by atoms with van der Waals surface area (Å²) < 4.78 is 5.00. The number of esters is 1. The lowest BCUT2D eigenvalue weighted by Gasteiger charge is -2.31. The van der Waals surface area contributed by atoms with Crippen molar-refractivity contribution in [3.63, 3.8) is 0 Å². The van der Waals surface area contributed by atoms with E-state index in [0.717, 1.165) is 25.7 Å². The van der Waals surface area contributed by atoms with Gasteiger partial charge < -0.3 is 10.1 Å². The van der Waals surface area contributed by atoms with Gasteiger partial charge in [-0.05, 0) is 37.1 Å². The second kappa shape index (κ2) is 8.68. The van der Waals surface area contributed by atoms with E-state index in [2.05, 4.69) is 11.4 Å². The highest BCUT2D eigenvalue weighted by molar-refractivity contribution is 7.09. The summed E-state index contributed by atoms with van der Waals surface area (Å²) >= 11 is 1.67. The molecule has 1 heterocycles. The summed E-state index contributed by atoms with van der Waals surface area (Å²) in [6.45, 7) is -0.304. The third kappa shape index (κ3) is 5.68. The highest BCUT2D eigenvalue weighted by atomic mass is 32.1. The summed E-state index contributed by atoms with van der Waals surface area (Å²) in [6, 6.07) is 6.24. The van der Waals surface area contributed by atoms with Gasteiger partial charge in [-0.2, -0.15) is 5.26 Å². The summed E-state index contributed by atoms with van der Waals surface area (Å²) in [7, 11) is 0. The number of amides is 1. The smallest absolute Gasteiger partial charge is 0.306 e. The molecule has 0 spiro atoms. The first kappa shape index (κ1) is 17.5. The van der Waals surface area contributed by atoms with Crippen molar-refractivity contribution in [2.45, 2.75) is 56.9 Å². The molecule has 0 aromatic carbocycles. The molecule has 1 aromatic heterocycles. The lowest BCUT2D eigenvalue weighted by Crippen LogP contribution is -2.50. The zero-order valence-electron chi connectivity index (χ0n) is 13.2. The summed E-state index contributed by atoms with van der Waals surface area (Å²) in [6.07, 6.45) is 6.17. The average Bonchev–Trinajstić information content (AvgIpc) is 3.07. The number of rotatable bonds is 7. The predicted molar refractivity (Wildman–Crippen MR) is 87.8 cm³/mol. The molecule has 1 aliphatic carbocycles. The number of nitriles is 1. The van der Waals surface area contributed by atoms with Crippen LogP contribution in [-0.4, -0.2) is 24.0 Å². The zero-order chi connectivity index (χ0) is 16.5. The Labute approximate surface area is 140 Å². The van der Waals surface area contributed by atoms with Gasteiger partial charge in [0.2, 0.25) is 0 Å². The maximum absolute atomic E-state index is 11.9. The molecule has 23 heavy (non-hydrogen) atoms. The summed E-state index contributed by atoms with van der Waals surface area (Å²) in [5, 5.41) is 14.1. The van der Waals surface area contributed by atoms with E-state index >= 15 is 0 Å². The molecule has 124 valence electrons. The van der Waals surface area contributed by atoms with Gasteiger partial charge in [0.15, 0.2) is 6.61 Å². The Morgan fingerprint density at radius 3 is 2.78 bits per heavy atom. The minimum absolute atomic E-state index is 0.300. The van der Waals surface area contributed by atoms with E-state index in [9.17, 15) is 14.9 Å². The third-order valence-corrected chi connectivity index (χ3v) is 4.98. The Kier molecular flexibility index (Phi) is 6.60. The quantitative estimate of drug-likeness (QED) is 0.778. The number of carbonyl (C=O) groups is 2. The van der Waals surface area contributed by atoms with Crippen LogP contribution in [0.2, 0.25) is 0 Å². The molecule has 0 bridgehead atoms. The van der Waals surface area contributed by atoms with Gasteiger partial charge in [-0.3, -0.25) is 9.59 Å². The molecule has 0 unspecified atom stereocenters. The molecule has 5 nitrogen and oxygen atoms in total. The van der Waals surface area contributed by atoms with Crippen LogP contribution in [-0.2, 0) is 20.7 Å². The van der Waals surface area contributed by atoms with Crippen molar-refractivity contribution >= 4 is 23.2 Å². The summed E-state index contributed by atoms with van der Waals surface area (Å²) in [5.74, 6) is -0.758. The normalized spacial score (nSPS) is 16.3. The molecule has 1 N–H and O–H groups in total. The number of thiophene rings is 1. The molecule has 0 atom stereocenters. The number of hydrogen-bond acceptors (Lipinski definition) is 5. The lowest BCUT2D eigenvalue weighted by atomic mass is 9.83. The molecule has 1 aromatic rings. The molecule has 0 saturated heterocycles. The van der Waals surface area contributed by atoms with Crippen LogP contribution < -0.4 is 5.32 Å². The fraction of sp³-hybridized carbons (Fsp3) is 0.588. The van der Waals surface area contributed by atoms with Crippen molar-refractivity contribution in [1.82, 2.24) is 5.32 Å². The summed E-state index contributed by atoms with van der Waals surface area (Å²) in [5.41, 5.74) is -0.777. The largest absolute Gasteiger partial charge is 0.456 e. The van der Waals surface area contributed by atoms with Crippen LogP contribution in [0, 0.1) is 11.3 Å². The van der Waals surface area contributed by atoms with Crippen LogP contribution in [0.15, 0.2) is 17.5 Å². The number of hydrogen-bond donors (Lipinski definition) is 1. The molecule has 1 amide bonds. The van der Waals surface area contributed by atoms with E-state index in [-0.39, 0.29) is 18.5 Å². The molecule has 1 aliphatic rings. The van der Waals surface area contributed by atoms with E-state index in [0.29, 0.717) is 25.7 Å². The number of nitrogens with zero attached hydrogens (tertiary/aromatic N) is 1. The molecular formula is C17H22N2O3S. The first-order chi connectivity index (χ1) is 11.1. The van der Waals surface area contributed by atoms with Gasteiger partial charge in [0.1, 0.15) is 5.54 Å². The Morgan fingerprint density at radius 2 is 2.13 bits per heavy atom. The van der Waals surface area contributed by atoms with Crippen LogP contribution in [0.4, 0.5) is 0 Å². The van der Waals surface area contributed by atoms with Gasteiger partial charge in [0, 0.05) is 11.3 Å². The van der Waals surface area contributed by atoms with Crippen molar-refractivity contribution in [2.75, 3.05) is 6.61 Å². The van der Waals surface area contributed by atoms with Gasteiger partial charge in [0.25, 0.3) is 5.91 Å². The van der Waals surface area contributed by atoms with Gasteiger partial charge in [0.05, 0.1) is 6.07 Å². The molecular weight excluding hydrogens is 312 g/mol. The van der Waals surface area contributed by atoms with Crippen molar-refractivity contribution in [3.8, 4) is 6.07 Å². The monoisotopic (exact) mass is 334 g/mol. The Hall–Kier alpha value is -1.87. The minimum atomic E-state index is -0.777. The molecule has 0 aliphatic heterocycles. The van der Waals surface area contributed by atoms with Crippen LogP contribution in [0.5, 0.6) is 0 Å². The predicted octanol–water partition coefficient (Wildman–Crippen LogP) is 2.96. The minimum Gasteiger partial charge on any atom is -0.456 e. The van der Waals surface area contributed by atoms with Crippen molar-refractivity contribution in [1.29, 1.82) is 5.26 Å². The van der Waals surface area contributed by atoms with Crippen LogP contribution in [0.25, 0.3) is 0 Å². The van der Waals surface area contributed by atoms with E-state index in [1.165, 1.54) is 4.88 Å². The molecule has 1 fully saturated rings. The first-order valence-corrected chi connectivity index (χ1v) is 8.92. The molecule has 2 rings (SSSR count). The average molecular weight is 334 g/mol. The van der Waals surface area contributed by atoms with E-state index in [4.69, 9.17) is 4.74 Å². The number of carbonyl (C=O) groups excluding carboxylic acids is 2. The van der Waals surface area contributed by atoms with Crippen molar-refractivity contribution in [2.24, 2.45) is 0 Å². The van der Waals surface area contributed by atoms with Gasteiger partial charge in [-0.1, -0.05) is 25.3 Å². The number of ether oxygens (including phenoxy) is 1. The van der Waals surface area contributed by atoms with Gasteiger partial charge in [-0.25, -0.2) is 0 Å². The van der Waals surface area contributed by atoms with Crippen molar-refractivity contribution in [3.05, 3.63) is 22.4 Å². The summed E-state index contributed by atoms with van der Waals surface area (Å²) in [4.78, 5) is 24.8. The van der Waals surface area contributed by atoms with Gasteiger partial charge >= 0.3 is 5.97 Å². The second-order valence-electron chi connectivity index (χ2n) is 5.90. The highest BCUT2D eigenvalue weighted by Gasteiger charge is 2.33. The Bertz CT molecular complexity index is 557. The standard InChI is InChI=1S/C17H22N2O3S/c18-13-17(9-2-1-3-10-17)19-15(20)12-22-16(21)8-4-6-14-7-5-11-23-14/h5,7,11H,1-4,6,8-10,12H2,(H,19,20). The lowest BCUT2D eigenvalue weighted by molar-refractivity contribution is -0.149. The van der Waals surface area contributed by atoms with Crippen LogP contribution in [0.3, 0.4) is 0 Å². The maximum atomic E-state index is 11.9. The van der Waals surface area contributed by atoms with Crippen LogP contribution >= 0.6 is 11.3 Å². The van der Waals surface area contributed by atoms with Crippen LogP contribution in [0.1, 0.15) is 49.8 Å². The number of nitrogens with one attached hydrogen (secondary N) is 1. The fourth-order valence-electron chi connectivity index (χ4n) is 2.80. The molecule has 0 radical (unpaired) electrons. The zero-order valence-corrected chi connectivity index (χ0v) is 14.0. The SMILES string of the molecule is N#CC1(NC(=O)COC(=O)CCCc2cccs2)CCCCC1. The maximum Gasteiger partial charge on any atom is 0.306 e. The van der Waals surface area contributed by atoms with E-state index in [1.807, 2.05) is 17.5 Å². The topological polar surface area (TPSA) is 79.2 Å². The Morgan fingerprint density at radius 1 is 1.35 bits per heavy atom. The molecule has 1 saturated carbocycles. The van der Waals surface area contributed by atoms with E-state index < -0.39 is 5.54 Å². The third-order valence-electron chi connectivity index (χ3n) is 4.05. The fourth-order valence-corrected chi connectivity index (χ4v) is 3.55. The Balaban J connectivity index is 1.65. The van der Waals surface area contributed by atoms with Gasteiger partial charge in [-0.15, -0.1) is 11.3 Å². The first-order valence-electron chi connectivity index (χ1n) is 8.04. The highest BCUT2D eigenvalue weighted by Crippen LogP contribution is 2.27. The van der Waals surface area contributed by atoms with E-state index in [1.54, 1.807) is 11.3 Å². The number of aryl methyl sites for hydroxylation is 1. The second-order valence-corrected chi connectivity index (χ2v) is 6.93.